The average molecular weight is 173 g/mol. The summed E-state index contributed by atoms with van der Waals surface area (Å²) in [7, 11) is 0. The van der Waals surface area contributed by atoms with Gasteiger partial charge < -0.3 is 10.6 Å². The Labute approximate surface area is 71.8 Å². The highest BCUT2D eigenvalue weighted by atomic mass is 16.4. The zero-order chi connectivity index (χ0) is 8.27. The molecular formula is C8H15NO3. The molecular weight excluding hydrogens is 158 g/mol. The fourth-order valence-corrected chi connectivity index (χ4v) is 1.49. The summed E-state index contributed by atoms with van der Waals surface area (Å²) >= 11 is 0. The third-order valence-electron chi connectivity index (χ3n) is 2.01. The smallest absolute Gasteiger partial charge is 0.320 e. The van der Waals surface area contributed by atoms with Crippen molar-refractivity contribution in [3.63, 3.8) is 0 Å². The normalized spacial score (nSPS) is 23.2. The molecule has 1 unspecified atom stereocenters. The number of carbonyl (C=O) groups is 1. The van der Waals surface area contributed by atoms with Crippen LogP contribution >= 0.6 is 0 Å². The summed E-state index contributed by atoms with van der Waals surface area (Å²) in [4.78, 5) is 12.6. The second kappa shape index (κ2) is 4.90. The number of hydrogen-bond donors (Lipinski definition) is 1. The number of hydrogen-bond acceptors (Lipinski definition) is 2. The van der Waals surface area contributed by atoms with Crippen LogP contribution < -0.4 is 0 Å². The van der Waals surface area contributed by atoms with Gasteiger partial charge in [0.2, 0.25) is 0 Å². The van der Waals surface area contributed by atoms with Crippen LogP contribution in [0.4, 0.5) is 0 Å². The van der Waals surface area contributed by atoms with Crippen molar-refractivity contribution in [1.29, 1.82) is 0 Å². The minimum atomic E-state index is -0.704. The van der Waals surface area contributed by atoms with E-state index in [9.17, 15) is 4.79 Å². The first-order valence-electron chi connectivity index (χ1n) is 3.83. The van der Waals surface area contributed by atoms with Crippen LogP contribution in [0.25, 0.3) is 0 Å². The van der Waals surface area contributed by atoms with Crippen LogP contribution in [0.3, 0.4) is 0 Å². The standard InChI is InChI=1S/C8H13NO2.H2O/c1-2-5-9-6-3-4-7(9)8(10)11;/h2,7H,1,3-6H2,(H,10,11);1H2. The Morgan fingerprint density at radius 2 is 2.42 bits per heavy atom. The van der Waals surface area contributed by atoms with Crippen molar-refractivity contribution >= 4 is 5.97 Å². The van der Waals surface area contributed by atoms with E-state index in [0.29, 0.717) is 6.54 Å². The first-order valence-corrected chi connectivity index (χ1v) is 3.83. The third kappa shape index (κ3) is 2.32. The summed E-state index contributed by atoms with van der Waals surface area (Å²) in [6, 6.07) is -0.270. The van der Waals surface area contributed by atoms with E-state index in [4.69, 9.17) is 5.11 Å². The van der Waals surface area contributed by atoms with Gasteiger partial charge in [-0.3, -0.25) is 9.69 Å². The minimum Gasteiger partial charge on any atom is -0.480 e. The Morgan fingerprint density at radius 1 is 1.75 bits per heavy atom. The minimum absolute atomic E-state index is 0. The number of carboxylic acids is 1. The molecule has 3 N–H and O–H groups in total. The third-order valence-corrected chi connectivity index (χ3v) is 2.01. The van der Waals surface area contributed by atoms with Crippen molar-refractivity contribution in [2.75, 3.05) is 13.1 Å². The molecule has 4 heteroatoms. The lowest BCUT2D eigenvalue weighted by molar-refractivity contribution is -0.141. The van der Waals surface area contributed by atoms with E-state index in [1.807, 2.05) is 4.90 Å². The van der Waals surface area contributed by atoms with Gasteiger partial charge in [-0.15, -0.1) is 6.58 Å². The Bertz CT molecular complexity index is 170. The predicted molar refractivity (Wildman–Crippen MR) is 46.0 cm³/mol. The molecule has 0 aromatic carbocycles. The second-order valence-electron chi connectivity index (χ2n) is 2.78. The molecule has 0 aromatic rings. The van der Waals surface area contributed by atoms with Gasteiger partial charge in [0.1, 0.15) is 6.04 Å². The highest BCUT2D eigenvalue weighted by Gasteiger charge is 2.28. The maximum Gasteiger partial charge on any atom is 0.320 e. The van der Waals surface area contributed by atoms with Crippen molar-refractivity contribution in [2.45, 2.75) is 18.9 Å². The monoisotopic (exact) mass is 173 g/mol. The lowest BCUT2D eigenvalue weighted by atomic mass is 10.2. The molecule has 70 valence electrons. The largest absolute Gasteiger partial charge is 0.480 e. The van der Waals surface area contributed by atoms with Crippen molar-refractivity contribution < 1.29 is 15.4 Å². The zero-order valence-corrected chi connectivity index (χ0v) is 6.99. The molecule has 1 atom stereocenters. The maximum absolute atomic E-state index is 10.6. The van der Waals surface area contributed by atoms with Crippen LogP contribution in [0, 0.1) is 0 Å². The van der Waals surface area contributed by atoms with Crippen LogP contribution in [-0.2, 0) is 4.79 Å². The van der Waals surface area contributed by atoms with E-state index in [2.05, 4.69) is 6.58 Å². The van der Waals surface area contributed by atoms with E-state index in [1.165, 1.54) is 0 Å². The summed E-state index contributed by atoms with van der Waals surface area (Å²) in [6.07, 6.45) is 3.52. The molecule has 1 fully saturated rings. The van der Waals surface area contributed by atoms with E-state index in [0.717, 1.165) is 19.4 Å². The topological polar surface area (TPSA) is 72.0 Å². The molecule has 0 spiro atoms. The van der Waals surface area contributed by atoms with Gasteiger partial charge in [-0.05, 0) is 19.4 Å². The Balaban J connectivity index is 0.00000121. The van der Waals surface area contributed by atoms with Gasteiger partial charge in [-0.25, -0.2) is 0 Å². The van der Waals surface area contributed by atoms with Gasteiger partial charge in [0.25, 0.3) is 0 Å². The van der Waals surface area contributed by atoms with Crippen molar-refractivity contribution in [1.82, 2.24) is 4.90 Å². The SMILES string of the molecule is C=CCN1CCCC1C(=O)O.O. The van der Waals surface area contributed by atoms with Gasteiger partial charge in [-0.2, -0.15) is 0 Å². The van der Waals surface area contributed by atoms with E-state index in [1.54, 1.807) is 6.08 Å². The number of carboxylic acid groups (broad SMARTS) is 1. The second-order valence-corrected chi connectivity index (χ2v) is 2.78. The van der Waals surface area contributed by atoms with Gasteiger partial charge >= 0.3 is 5.97 Å². The fourth-order valence-electron chi connectivity index (χ4n) is 1.49. The number of aliphatic carboxylic acids is 1. The zero-order valence-electron chi connectivity index (χ0n) is 6.99. The predicted octanol–water partition coefficient (Wildman–Crippen LogP) is -0.103. The summed E-state index contributed by atoms with van der Waals surface area (Å²) in [5, 5.41) is 8.73. The Morgan fingerprint density at radius 3 is 2.92 bits per heavy atom. The maximum atomic E-state index is 10.6. The quantitative estimate of drug-likeness (QED) is 0.605. The van der Waals surface area contributed by atoms with Gasteiger partial charge in [0, 0.05) is 6.54 Å². The molecule has 0 aromatic heterocycles. The molecule has 1 saturated heterocycles. The summed E-state index contributed by atoms with van der Waals surface area (Å²) in [5.74, 6) is -0.704. The van der Waals surface area contributed by atoms with Gasteiger partial charge in [-0.1, -0.05) is 6.08 Å². The molecule has 4 nitrogen and oxygen atoms in total. The van der Waals surface area contributed by atoms with Crippen molar-refractivity contribution in [2.24, 2.45) is 0 Å². The molecule has 1 aliphatic rings. The number of rotatable bonds is 3. The van der Waals surface area contributed by atoms with Crippen molar-refractivity contribution in [3.8, 4) is 0 Å². The summed E-state index contributed by atoms with van der Waals surface area (Å²) < 4.78 is 0. The van der Waals surface area contributed by atoms with Crippen LogP contribution in [0.2, 0.25) is 0 Å². The molecule has 0 radical (unpaired) electrons. The van der Waals surface area contributed by atoms with Crippen LogP contribution in [0.5, 0.6) is 0 Å². The van der Waals surface area contributed by atoms with Crippen LogP contribution in [0.15, 0.2) is 12.7 Å². The molecule has 0 bridgehead atoms. The van der Waals surface area contributed by atoms with Gasteiger partial charge in [0.05, 0.1) is 0 Å². The molecule has 1 rings (SSSR count). The molecule has 0 saturated carbocycles. The summed E-state index contributed by atoms with van der Waals surface area (Å²) in [5.41, 5.74) is 0. The highest BCUT2D eigenvalue weighted by Crippen LogP contribution is 2.16. The Kier molecular flexibility index (Phi) is 4.54. The molecule has 12 heavy (non-hydrogen) atoms. The molecule has 1 heterocycles. The number of nitrogens with zero attached hydrogens (tertiary/aromatic N) is 1. The average Bonchev–Trinajstić information content (AvgIpc) is 2.36. The first kappa shape index (κ1) is 11.1. The van der Waals surface area contributed by atoms with Crippen LogP contribution in [0.1, 0.15) is 12.8 Å². The molecule has 0 aliphatic carbocycles. The van der Waals surface area contributed by atoms with E-state index in [-0.39, 0.29) is 11.5 Å². The summed E-state index contributed by atoms with van der Waals surface area (Å²) in [6.45, 7) is 5.17. The molecule has 1 aliphatic heterocycles. The number of likely N-dealkylation sites (tertiary alicyclic amines) is 1. The first-order chi connectivity index (χ1) is 5.25. The van der Waals surface area contributed by atoms with E-state index >= 15 is 0 Å². The lowest BCUT2D eigenvalue weighted by Crippen LogP contribution is -2.35. The molecule has 0 amide bonds. The van der Waals surface area contributed by atoms with E-state index < -0.39 is 5.97 Å². The lowest BCUT2D eigenvalue weighted by Gasteiger charge is -2.18. The Hall–Kier alpha value is -0.870. The van der Waals surface area contributed by atoms with Gasteiger partial charge in [0.15, 0.2) is 0 Å². The highest BCUT2D eigenvalue weighted by molar-refractivity contribution is 5.73. The fraction of sp³-hybridized carbons (Fsp3) is 0.625. The van der Waals surface area contributed by atoms with Crippen molar-refractivity contribution in [3.05, 3.63) is 12.7 Å². The van der Waals surface area contributed by atoms with Crippen LogP contribution in [-0.4, -0.2) is 40.6 Å².